The highest BCUT2D eigenvalue weighted by Crippen LogP contribution is 2.25. The number of rotatable bonds is 11. The van der Waals surface area contributed by atoms with Crippen LogP contribution in [0.25, 0.3) is 0 Å². The lowest BCUT2D eigenvalue weighted by molar-refractivity contribution is -0.136. The van der Waals surface area contributed by atoms with Gasteiger partial charge >= 0.3 is 5.97 Å². The van der Waals surface area contributed by atoms with E-state index in [1.807, 2.05) is 28.8 Å². The third-order valence-corrected chi connectivity index (χ3v) is 4.53. The molecular weight excluding hydrogens is 352 g/mol. The van der Waals surface area contributed by atoms with Crippen LogP contribution in [-0.4, -0.2) is 27.2 Å². The van der Waals surface area contributed by atoms with Crippen molar-refractivity contribution >= 4 is 17.6 Å². The van der Waals surface area contributed by atoms with Gasteiger partial charge in [0.05, 0.1) is 25.3 Å². The first-order valence-electron chi connectivity index (χ1n) is 9.23. The van der Waals surface area contributed by atoms with Crippen molar-refractivity contribution in [3.05, 3.63) is 46.5 Å². The normalized spacial score (nSPS) is 10.9. The molecule has 6 heteroatoms. The Kier molecular flexibility index (Phi) is 7.98. The Bertz CT molecular complexity index is 728. The van der Waals surface area contributed by atoms with Gasteiger partial charge in [-0.2, -0.15) is 0 Å². The molecule has 0 radical (unpaired) electrons. The fraction of sp³-hybridized carbons (Fsp3) is 0.500. The van der Waals surface area contributed by atoms with E-state index in [4.69, 9.17) is 16.3 Å². The molecule has 2 rings (SSSR count). The number of unbranched alkanes of at least 4 members (excludes halogenated alkanes) is 2. The van der Waals surface area contributed by atoms with E-state index in [0.717, 1.165) is 49.2 Å². The van der Waals surface area contributed by atoms with Crippen LogP contribution >= 0.6 is 11.6 Å². The van der Waals surface area contributed by atoms with Crippen molar-refractivity contribution < 1.29 is 14.6 Å². The quantitative estimate of drug-likeness (QED) is 0.574. The number of hydrogen-bond acceptors (Lipinski definition) is 3. The fourth-order valence-corrected chi connectivity index (χ4v) is 3.07. The first kappa shape index (κ1) is 20.3. The number of ether oxygens (including phenoxy) is 1. The zero-order valence-corrected chi connectivity index (χ0v) is 16.3. The van der Waals surface area contributed by atoms with Crippen LogP contribution in [-0.2, 0) is 24.2 Å². The van der Waals surface area contributed by atoms with Gasteiger partial charge in [-0.3, -0.25) is 4.79 Å². The molecule has 0 spiro atoms. The van der Waals surface area contributed by atoms with Crippen molar-refractivity contribution in [1.82, 2.24) is 9.55 Å². The summed E-state index contributed by atoms with van der Waals surface area (Å²) in [6.07, 6.45) is 4.72. The second-order valence-electron chi connectivity index (χ2n) is 6.34. The second-order valence-corrected chi connectivity index (χ2v) is 6.69. The molecule has 1 aromatic carbocycles. The Labute approximate surface area is 160 Å². The molecule has 0 saturated heterocycles. The average Bonchev–Trinajstić information content (AvgIpc) is 2.89. The lowest BCUT2D eigenvalue weighted by atomic mass is 10.1. The van der Waals surface area contributed by atoms with Gasteiger partial charge in [0.2, 0.25) is 0 Å². The van der Waals surface area contributed by atoms with E-state index in [1.54, 1.807) is 0 Å². The van der Waals surface area contributed by atoms with Crippen LogP contribution in [0, 0.1) is 0 Å². The van der Waals surface area contributed by atoms with Crippen LogP contribution in [0.3, 0.4) is 0 Å². The van der Waals surface area contributed by atoms with Gasteiger partial charge in [0.15, 0.2) is 5.15 Å². The van der Waals surface area contributed by atoms with E-state index in [-0.39, 0.29) is 11.6 Å². The molecular formula is C20H27ClN2O3. The van der Waals surface area contributed by atoms with Gasteiger partial charge in [0.25, 0.3) is 0 Å². The molecule has 1 aromatic heterocycles. The van der Waals surface area contributed by atoms with Crippen molar-refractivity contribution in [2.75, 3.05) is 6.61 Å². The number of nitrogens with zero attached hydrogens (tertiary/aromatic N) is 2. The van der Waals surface area contributed by atoms with Crippen molar-refractivity contribution in [3.8, 4) is 5.75 Å². The van der Waals surface area contributed by atoms with Crippen molar-refractivity contribution in [1.29, 1.82) is 0 Å². The number of aryl methyl sites for hydroxylation is 1. The Morgan fingerprint density at radius 2 is 1.96 bits per heavy atom. The molecule has 1 N–H and O–H groups in total. The van der Waals surface area contributed by atoms with Gasteiger partial charge in [-0.25, -0.2) is 4.98 Å². The summed E-state index contributed by atoms with van der Waals surface area (Å²) < 4.78 is 7.85. The van der Waals surface area contributed by atoms with E-state index >= 15 is 0 Å². The molecule has 0 amide bonds. The number of aromatic nitrogens is 2. The van der Waals surface area contributed by atoms with E-state index in [1.165, 1.54) is 0 Å². The maximum Gasteiger partial charge on any atom is 0.309 e. The Morgan fingerprint density at radius 1 is 1.23 bits per heavy atom. The summed E-state index contributed by atoms with van der Waals surface area (Å²) in [6.45, 7) is 5.41. The molecule has 0 aliphatic heterocycles. The minimum Gasteiger partial charge on any atom is -0.493 e. The molecule has 0 atom stereocenters. The number of benzene rings is 1. The number of halogens is 1. The van der Waals surface area contributed by atoms with Gasteiger partial charge < -0.3 is 14.4 Å². The fourth-order valence-electron chi connectivity index (χ4n) is 2.80. The summed E-state index contributed by atoms with van der Waals surface area (Å²) in [5, 5.41) is 9.52. The lowest BCUT2D eigenvalue weighted by Crippen LogP contribution is -2.13. The number of imidazole rings is 1. The predicted octanol–water partition coefficient (Wildman–Crippen LogP) is 4.73. The zero-order chi connectivity index (χ0) is 18.9. The van der Waals surface area contributed by atoms with Gasteiger partial charge in [-0.1, -0.05) is 56.5 Å². The molecule has 142 valence electrons. The summed E-state index contributed by atoms with van der Waals surface area (Å²) >= 11 is 6.25. The molecule has 0 bridgehead atoms. The van der Waals surface area contributed by atoms with Gasteiger partial charge in [-0.15, -0.1) is 0 Å². The van der Waals surface area contributed by atoms with Gasteiger partial charge in [-0.05, 0) is 18.9 Å². The standard InChI is InChI=1S/C20H27ClN2O3/c1-3-5-11-18-22-20(21)16(13-19(24)25)23(18)14-15-9-7-8-10-17(15)26-12-6-4-2/h7-10H,3-6,11-14H2,1-2H3,(H,24,25). The number of para-hydroxylation sites is 1. The maximum absolute atomic E-state index is 11.3. The maximum atomic E-state index is 11.3. The van der Waals surface area contributed by atoms with Gasteiger partial charge in [0, 0.05) is 12.0 Å². The number of carboxylic acid groups (broad SMARTS) is 1. The smallest absolute Gasteiger partial charge is 0.309 e. The van der Waals surface area contributed by atoms with E-state index in [9.17, 15) is 9.90 Å². The minimum absolute atomic E-state index is 0.142. The van der Waals surface area contributed by atoms with Gasteiger partial charge in [0.1, 0.15) is 11.6 Å². The first-order valence-corrected chi connectivity index (χ1v) is 9.60. The summed E-state index contributed by atoms with van der Waals surface area (Å²) in [5.74, 6) is 0.743. The largest absolute Gasteiger partial charge is 0.493 e. The van der Waals surface area contributed by atoms with Crippen LogP contribution in [0.1, 0.15) is 56.6 Å². The highest BCUT2D eigenvalue weighted by atomic mass is 35.5. The molecule has 2 aromatic rings. The number of hydrogen-bond donors (Lipinski definition) is 1. The highest BCUT2D eigenvalue weighted by Gasteiger charge is 2.19. The molecule has 0 fully saturated rings. The van der Waals surface area contributed by atoms with E-state index in [0.29, 0.717) is 18.8 Å². The summed E-state index contributed by atoms with van der Waals surface area (Å²) in [7, 11) is 0. The van der Waals surface area contributed by atoms with Crippen molar-refractivity contribution in [2.45, 2.75) is 58.9 Å². The van der Waals surface area contributed by atoms with E-state index < -0.39 is 5.97 Å². The summed E-state index contributed by atoms with van der Waals surface area (Å²) in [6, 6.07) is 7.86. The van der Waals surface area contributed by atoms with Crippen molar-refractivity contribution in [2.24, 2.45) is 0 Å². The Morgan fingerprint density at radius 3 is 2.65 bits per heavy atom. The molecule has 26 heavy (non-hydrogen) atoms. The zero-order valence-electron chi connectivity index (χ0n) is 15.5. The average molecular weight is 379 g/mol. The van der Waals surface area contributed by atoms with Crippen LogP contribution in [0.15, 0.2) is 24.3 Å². The van der Waals surface area contributed by atoms with Crippen LogP contribution in [0.5, 0.6) is 5.75 Å². The molecule has 0 unspecified atom stereocenters. The Hall–Kier alpha value is -2.01. The van der Waals surface area contributed by atoms with Crippen LogP contribution < -0.4 is 4.74 Å². The SMILES string of the molecule is CCCCOc1ccccc1Cn1c(CCCC)nc(Cl)c1CC(=O)O. The first-order chi connectivity index (χ1) is 12.6. The molecule has 0 saturated carbocycles. The Balaban J connectivity index is 2.33. The predicted molar refractivity (Wildman–Crippen MR) is 103 cm³/mol. The second kappa shape index (κ2) is 10.2. The summed E-state index contributed by atoms with van der Waals surface area (Å²) in [4.78, 5) is 15.7. The molecule has 0 aliphatic carbocycles. The van der Waals surface area contributed by atoms with Crippen LogP contribution in [0.4, 0.5) is 0 Å². The third kappa shape index (κ3) is 5.49. The van der Waals surface area contributed by atoms with Crippen molar-refractivity contribution in [3.63, 3.8) is 0 Å². The molecule has 5 nitrogen and oxygen atoms in total. The minimum atomic E-state index is -0.914. The third-order valence-electron chi connectivity index (χ3n) is 4.23. The number of carboxylic acids is 1. The lowest BCUT2D eigenvalue weighted by Gasteiger charge is -2.15. The summed E-state index contributed by atoms with van der Waals surface area (Å²) in [5.41, 5.74) is 1.55. The molecule has 0 aliphatic rings. The molecule has 1 heterocycles. The highest BCUT2D eigenvalue weighted by molar-refractivity contribution is 6.30. The van der Waals surface area contributed by atoms with E-state index in [2.05, 4.69) is 18.8 Å². The number of aliphatic carboxylic acids is 1. The number of carbonyl (C=O) groups is 1. The van der Waals surface area contributed by atoms with Crippen LogP contribution in [0.2, 0.25) is 5.15 Å². The topological polar surface area (TPSA) is 64.4 Å². The monoisotopic (exact) mass is 378 g/mol.